The molecule has 0 bridgehead atoms. The normalized spacial score (nSPS) is 15.1. The van der Waals surface area contributed by atoms with Crippen molar-refractivity contribution in [3.8, 4) is 0 Å². The van der Waals surface area contributed by atoms with Crippen LogP contribution in [0.2, 0.25) is 0 Å². The summed E-state index contributed by atoms with van der Waals surface area (Å²) in [5, 5.41) is 8.32. The van der Waals surface area contributed by atoms with E-state index in [1.165, 1.54) is 11.1 Å². The lowest BCUT2D eigenvalue weighted by Crippen LogP contribution is -2.23. The van der Waals surface area contributed by atoms with Gasteiger partial charge in [-0.2, -0.15) is 5.10 Å². The molecule has 0 aromatic carbocycles. The second kappa shape index (κ2) is 5.92. The molecule has 0 radical (unpaired) electrons. The Morgan fingerprint density at radius 1 is 1.09 bits per heavy atom. The molecule has 2 rings (SSSR count). The molecule has 0 fully saturated rings. The van der Waals surface area contributed by atoms with Gasteiger partial charge in [-0.05, 0) is 61.5 Å². The van der Waals surface area contributed by atoms with E-state index < -0.39 is 0 Å². The van der Waals surface area contributed by atoms with E-state index in [2.05, 4.69) is 64.2 Å². The average Bonchev–Trinajstić information content (AvgIpc) is 2.91. The highest BCUT2D eigenvalue weighted by Crippen LogP contribution is 2.26. The largest absolute Gasteiger partial charge is 0.466 e. The molecule has 2 heterocycles. The van der Waals surface area contributed by atoms with E-state index in [0.717, 1.165) is 17.2 Å². The summed E-state index contributed by atoms with van der Waals surface area (Å²) >= 11 is 0. The Kier molecular flexibility index (Phi) is 4.52. The van der Waals surface area contributed by atoms with Crippen LogP contribution in [-0.2, 0) is 5.54 Å². The number of hydrogen-bond acceptors (Lipinski definition) is 3. The van der Waals surface area contributed by atoms with Crippen molar-refractivity contribution in [3.63, 3.8) is 0 Å². The third-order valence-corrected chi connectivity index (χ3v) is 4.14. The van der Waals surface area contributed by atoms with Crippen LogP contribution in [0.4, 0.5) is 0 Å². The van der Waals surface area contributed by atoms with Crippen molar-refractivity contribution in [2.45, 2.75) is 73.0 Å². The van der Waals surface area contributed by atoms with E-state index >= 15 is 0 Å². The number of aryl methyl sites for hydroxylation is 3. The smallest absolute Gasteiger partial charge is 0.105 e. The maximum absolute atomic E-state index is 5.64. The van der Waals surface area contributed by atoms with Crippen molar-refractivity contribution in [2.24, 2.45) is 0 Å². The van der Waals surface area contributed by atoms with Crippen LogP contribution >= 0.6 is 0 Å². The highest BCUT2D eigenvalue weighted by atomic mass is 16.3. The molecule has 0 aliphatic heterocycles. The first-order valence-corrected chi connectivity index (χ1v) is 7.99. The zero-order valence-corrected chi connectivity index (χ0v) is 15.1. The molecule has 2 aromatic rings. The van der Waals surface area contributed by atoms with Crippen LogP contribution in [0.3, 0.4) is 0 Å². The number of nitrogens with zero attached hydrogens (tertiary/aromatic N) is 2. The fourth-order valence-electron chi connectivity index (χ4n) is 2.88. The first-order chi connectivity index (χ1) is 10.1. The highest BCUT2D eigenvalue weighted by molar-refractivity contribution is 5.25. The van der Waals surface area contributed by atoms with Crippen molar-refractivity contribution in [3.05, 3.63) is 40.6 Å². The number of hydrogen-bond donors (Lipinski definition) is 1. The molecular formula is C18H29N3O. The number of rotatable bonds is 4. The maximum atomic E-state index is 5.64. The molecule has 2 aromatic heterocycles. The van der Waals surface area contributed by atoms with Gasteiger partial charge in [0.15, 0.2) is 0 Å². The van der Waals surface area contributed by atoms with Gasteiger partial charge in [-0.1, -0.05) is 0 Å². The van der Waals surface area contributed by atoms with E-state index in [9.17, 15) is 0 Å². The molecule has 0 unspecified atom stereocenters. The molecule has 0 spiro atoms. The summed E-state index contributed by atoms with van der Waals surface area (Å²) in [4.78, 5) is 0. The van der Waals surface area contributed by atoms with Crippen LogP contribution in [0.5, 0.6) is 0 Å². The number of nitrogens with one attached hydrogen (secondary N) is 1. The van der Waals surface area contributed by atoms with Crippen molar-refractivity contribution >= 4 is 0 Å². The van der Waals surface area contributed by atoms with E-state index in [1.54, 1.807) is 0 Å². The van der Waals surface area contributed by atoms with Crippen LogP contribution in [0.1, 0.15) is 75.0 Å². The Hall–Kier alpha value is -1.55. The van der Waals surface area contributed by atoms with Gasteiger partial charge in [-0.25, -0.2) is 0 Å². The first kappa shape index (κ1) is 16.8. The summed E-state index contributed by atoms with van der Waals surface area (Å²) in [6.45, 7) is 17.0. The van der Waals surface area contributed by atoms with Gasteiger partial charge in [-0.3, -0.25) is 4.68 Å². The summed E-state index contributed by atoms with van der Waals surface area (Å²) in [7, 11) is 0. The second-order valence-corrected chi connectivity index (χ2v) is 7.26. The highest BCUT2D eigenvalue weighted by Gasteiger charge is 2.21. The fourth-order valence-corrected chi connectivity index (χ4v) is 2.88. The van der Waals surface area contributed by atoms with Crippen molar-refractivity contribution in [2.75, 3.05) is 0 Å². The summed E-state index contributed by atoms with van der Waals surface area (Å²) in [6, 6.07) is 2.59. The van der Waals surface area contributed by atoms with Crippen LogP contribution in [0, 0.1) is 20.8 Å². The second-order valence-electron chi connectivity index (χ2n) is 7.26. The SMILES string of the molecule is Cc1cc([C@@H](C)N[C@H](C)c2cn(C(C)(C)C)nc2C)c(C)o1. The molecule has 0 aliphatic rings. The molecule has 122 valence electrons. The summed E-state index contributed by atoms with van der Waals surface area (Å²) < 4.78 is 7.69. The molecule has 4 nitrogen and oxygen atoms in total. The quantitative estimate of drug-likeness (QED) is 0.900. The van der Waals surface area contributed by atoms with Gasteiger partial charge in [0.05, 0.1) is 11.2 Å². The van der Waals surface area contributed by atoms with Gasteiger partial charge in [-0.15, -0.1) is 0 Å². The van der Waals surface area contributed by atoms with E-state index in [1.807, 2.05) is 18.5 Å². The Bertz CT molecular complexity index is 646. The Labute approximate surface area is 133 Å². The van der Waals surface area contributed by atoms with Gasteiger partial charge in [0, 0.05) is 29.4 Å². The minimum atomic E-state index is 0.00655. The maximum Gasteiger partial charge on any atom is 0.105 e. The van der Waals surface area contributed by atoms with Gasteiger partial charge >= 0.3 is 0 Å². The zero-order valence-electron chi connectivity index (χ0n) is 15.1. The third-order valence-electron chi connectivity index (χ3n) is 4.14. The summed E-state index contributed by atoms with van der Waals surface area (Å²) in [5.74, 6) is 1.96. The molecular weight excluding hydrogens is 274 g/mol. The minimum absolute atomic E-state index is 0.00655. The Balaban J connectivity index is 2.17. The van der Waals surface area contributed by atoms with E-state index in [4.69, 9.17) is 4.42 Å². The monoisotopic (exact) mass is 303 g/mol. The lowest BCUT2D eigenvalue weighted by atomic mass is 10.0. The van der Waals surface area contributed by atoms with E-state index in [-0.39, 0.29) is 17.6 Å². The van der Waals surface area contributed by atoms with Crippen molar-refractivity contribution < 1.29 is 4.42 Å². The van der Waals surface area contributed by atoms with Gasteiger partial charge in [0.1, 0.15) is 11.5 Å². The minimum Gasteiger partial charge on any atom is -0.466 e. The molecule has 22 heavy (non-hydrogen) atoms. The molecule has 0 saturated heterocycles. The number of aromatic nitrogens is 2. The van der Waals surface area contributed by atoms with Crippen LogP contribution < -0.4 is 5.32 Å². The van der Waals surface area contributed by atoms with Gasteiger partial charge in [0.25, 0.3) is 0 Å². The third kappa shape index (κ3) is 3.43. The molecule has 1 N–H and O–H groups in total. The van der Waals surface area contributed by atoms with Crippen molar-refractivity contribution in [1.29, 1.82) is 0 Å². The zero-order chi connectivity index (χ0) is 16.7. The predicted molar refractivity (Wildman–Crippen MR) is 90.1 cm³/mol. The topological polar surface area (TPSA) is 43.0 Å². The number of furan rings is 1. The Morgan fingerprint density at radius 3 is 2.14 bits per heavy atom. The molecule has 0 amide bonds. The standard InChI is InChI=1S/C18H29N3O/c1-11-9-16(15(5)22-11)12(2)19-13(3)17-10-21(18(6,7)8)20-14(17)4/h9-10,12-13,19H,1-8H3/t12-,13-/m1/s1. The van der Waals surface area contributed by atoms with Crippen molar-refractivity contribution in [1.82, 2.24) is 15.1 Å². The summed E-state index contributed by atoms with van der Waals surface area (Å²) in [5.41, 5.74) is 3.57. The van der Waals surface area contributed by atoms with E-state index in [0.29, 0.717) is 0 Å². The molecule has 4 heteroatoms. The average molecular weight is 303 g/mol. The fraction of sp³-hybridized carbons (Fsp3) is 0.611. The molecule has 0 saturated carbocycles. The van der Waals surface area contributed by atoms with Crippen LogP contribution in [0.15, 0.2) is 16.7 Å². The lowest BCUT2D eigenvalue weighted by Gasteiger charge is -2.20. The van der Waals surface area contributed by atoms with Crippen LogP contribution in [-0.4, -0.2) is 9.78 Å². The first-order valence-electron chi connectivity index (χ1n) is 7.99. The Morgan fingerprint density at radius 2 is 1.68 bits per heavy atom. The molecule has 2 atom stereocenters. The van der Waals surface area contributed by atoms with Crippen LogP contribution in [0.25, 0.3) is 0 Å². The molecule has 0 aliphatic carbocycles. The van der Waals surface area contributed by atoms with Gasteiger partial charge < -0.3 is 9.73 Å². The lowest BCUT2D eigenvalue weighted by molar-refractivity contribution is 0.353. The van der Waals surface area contributed by atoms with Gasteiger partial charge in [0.2, 0.25) is 0 Å². The summed E-state index contributed by atoms with van der Waals surface area (Å²) in [6.07, 6.45) is 2.16. The predicted octanol–water partition coefficient (Wildman–Crippen LogP) is 4.57.